The van der Waals surface area contributed by atoms with E-state index >= 15 is 0 Å². The van der Waals surface area contributed by atoms with Gasteiger partial charge in [-0.3, -0.25) is 4.98 Å². The van der Waals surface area contributed by atoms with E-state index in [1.54, 1.807) is 36.2 Å². The number of benzene rings is 1. The average Bonchev–Trinajstić information content (AvgIpc) is 2.46. The normalized spacial score (nSPS) is 9.68. The molecule has 94 valence electrons. The smallest absolute Gasteiger partial charge is 0.339 e. The maximum atomic E-state index is 11.2. The average molecular weight is 253 g/mol. The number of aromatic carboxylic acids is 1. The molecular formula is C14H11N3O2. The van der Waals surface area contributed by atoms with Gasteiger partial charge in [-0.15, -0.1) is 0 Å². The predicted molar refractivity (Wildman–Crippen MR) is 70.4 cm³/mol. The highest BCUT2D eigenvalue weighted by Crippen LogP contribution is 2.26. The van der Waals surface area contributed by atoms with E-state index in [0.717, 1.165) is 5.69 Å². The van der Waals surface area contributed by atoms with Gasteiger partial charge in [-0.05, 0) is 24.3 Å². The number of anilines is 2. The maximum absolute atomic E-state index is 11.2. The molecule has 1 heterocycles. The van der Waals surface area contributed by atoms with E-state index in [0.29, 0.717) is 11.3 Å². The van der Waals surface area contributed by atoms with Crippen molar-refractivity contribution < 1.29 is 9.90 Å². The Morgan fingerprint density at radius 1 is 1.42 bits per heavy atom. The van der Waals surface area contributed by atoms with Gasteiger partial charge in [0.05, 0.1) is 17.3 Å². The number of carbonyl (C=O) groups is 1. The third-order valence-electron chi connectivity index (χ3n) is 2.75. The van der Waals surface area contributed by atoms with Crippen LogP contribution in [-0.4, -0.2) is 23.1 Å². The number of nitriles is 1. The molecule has 0 atom stereocenters. The Balaban J connectivity index is 2.47. The van der Waals surface area contributed by atoms with Crippen LogP contribution < -0.4 is 4.90 Å². The first-order chi connectivity index (χ1) is 9.13. The van der Waals surface area contributed by atoms with Crippen molar-refractivity contribution in [2.75, 3.05) is 11.9 Å². The molecule has 0 saturated carbocycles. The Morgan fingerprint density at radius 3 is 2.89 bits per heavy atom. The Labute approximate surface area is 110 Å². The first-order valence-corrected chi connectivity index (χ1v) is 5.54. The molecule has 19 heavy (non-hydrogen) atoms. The van der Waals surface area contributed by atoms with E-state index in [9.17, 15) is 4.79 Å². The lowest BCUT2D eigenvalue weighted by Gasteiger charge is -2.21. The van der Waals surface area contributed by atoms with Crippen LogP contribution in [0.1, 0.15) is 15.9 Å². The number of carboxylic acids is 1. The molecule has 1 aromatic heterocycles. The molecule has 0 bridgehead atoms. The fraction of sp³-hybridized carbons (Fsp3) is 0.0714. The Morgan fingerprint density at radius 2 is 2.21 bits per heavy atom. The minimum absolute atomic E-state index is 0.118. The van der Waals surface area contributed by atoms with Crippen molar-refractivity contribution in [3.8, 4) is 6.07 Å². The second kappa shape index (κ2) is 5.19. The number of hydrogen-bond donors (Lipinski definition) is 1. The fourth-order valence-electron chi connectivity index (χ4n) is 1.77. The van der Waals surface area contributed by atoms with Crippen LogP contribution in [0.2, 0.25) is 0 Å². The molecule has 1 aromatic carbocycles. The minimum Gasteiger partial charge on any atom is -0.478 e. The summed E-state index contributed by atoms with van der Waals surface area (Å²) in [6.45, 7) is 0. The number of pyridine rings is 1. The van der Waals surface area contributed by atoms with Gasteiger partial charge >= 0.3 is 5.97 Å². The van der Waals surface area contributed by atoms with Crippen LogP contribution >= 0.6 is 0 Å². The molecule has 0 fully saturated rings. The summed E-state index contributed by atoms with van der Waals surface area (Å²) < 4.78 is 0. The largest absolute Gasteiger partial charge is 0.478 e. The number of carboxylic acid groups (broad SMARTS) is 1. The molecule has 5 heteroatoms. The molecule has 2 aromatic rings. The van der Waals surface area contributed by atoms with E-state index < -0.39 is 5.97 Å². The van der Waals surface area contributed by atoms with Gasteiger partial charge in [0.15, 0.2) is 0 Å². The quantitative estimate of drug-likeness (QED) is 0.908. The second-order valence-corrected chi connectivity index (χ2v) is 3.92. The lowest BCUT2D eigenvalue weighted by Crippen LogP contribution is -2.14. The highest BCUT2D eigenvalue weighted by Gasteiger charge is 2.14. The molecule has 5 nitrogen and oxygen atoms in total. The fourth-order valence-corrected chi connectivity index (χ4v) is 1.77. The lowest BCUT2D eigenvalue weighted by atomic mass is 10.1. The molecule has 0 aliphatic carbocycles. The maximum Gasteiger partial charge on any atom is 0.339 e. The first kappa shape index (κ1) is 12.6. The van der Waals surface area contributed by atoms with Crippen molar-refractivity contribution in [2.24, 2.45) is 0 Å². The Kier molecular flexibility index (Phi) is 3.44. The van der Waals surface area contributed by atoms with E-state index in [1.807, 2.05) is 6.07 Å². The van der Waals surface area contributed by atoms with E-state index in [1.165, 1.54) is 12.4 Å². The zero-order valence-electron chi connectivity index (χ0n) is 10.2. The van der Waals surface area contributed by atoms with E-state index in [-0.39, 0.29) is 5.56 Å². The monoisotopic (exact) mass is 253 g/mol. The Bertz CT molecular complexity index is 662. The highest BCUT2D eigenvalue weighted by molar-refractivity contribution is 5.95. The van der Waals surface area contributed by atoms with Crippen molar-refractivity contribution in [1.82, 2.24) is 4.98 Å². The molecule has 0 aliphatic heterocycles. The molecule has 0 unspecified atom stereocenters. The summed E-state index contributed by atoms with van der Waals surface area (Å²) in [5.41, 5.74) is 1.91. The third-order valence-corrected chi connectivity index (χ3v) is 2.75. The molecule has 2 rings (SSSR count). The van der Waals surface area contributed by atoms with Crippen LogP contribution in [0.15, 0.2) is 42.7 Å². The van der Waals surface area contributed by atoms with Gasteiger partial charge in [0, 0.05) is 25.1 Å². The SMILES string of the molecule is CN(c1cccc(C#N)c1)c1ccncc1C(=O)O. The summed E-state index contributed by atoms with van der Waals surface area (Å²) in [6, 6.07) is 10.6. The topological polar surface area (TPSA) is 77.2 Å². The van der Waals surface area contributed by atoms with Gasteiger partial charge in [-0.25, -0.2) is 4.79 Å². The van der Waals surface area contributed by atoms with Crippen LogP contribution in [0.3, 0.4) is 0 Å². The second-order valence-electron chi connectivity index (χ2n) is 3.92. The third kappa shape index (κ3) is 2.53. The first-order valence-electron chi connectivity index (χ1n) is 5.54. The minimum atomic E-state index is -1.04. The number of aromatic nitrogens is 1. The number of hydrogen-bond acceptors (Lipinski definition) is 4. The van der Waals surface area contributed by atoms with Crippen molar-refractivity contribution >= 4 is 17.3 Å². The zero-order chi connectivity index (χ0) is 13.8. The van der Waals surface area contributed by atoms with Crippen LogP contribution in [0.5, 0.6) is 0 Å². The van der Waals surface area contributed by atoms with Crippen molar-refractivity contribution in [1.29, 1.82) is 5.26 Å². The molecule has 0 saturated heterocycles. The van der Waals surface area contributed by atoms with Crippen LogP contribution in [0, 0.1) is 11.3 Å². The van der Waals surface area contributed by atoms with Crippen molar-refractivity contribution in [3.63, 3.8) is 0 Å². The predicted octanol–water partition coefficient (Wildman–Crippen LogP) is 2.42. The van der Waals surface area contributed by atoms with Gasteiger partial charge in [0.1, 0.15) is 5.56 Å². The summed E-state index contributed by atoms with van der Waals surface area (Å²) in [5.74, 6) is -1.04. The van der Waals surface area contributed by atoms with Crippen molar-refractivity contribution in [3.05, 3.63) is 53.9 Å². The Hall–Kier alpha value is -2.87. The summed E-state index contributed by atoms with van der Waals surface area (Å²) >= 11 is 0. The highest BCUT2D eigenvalue weighted by atomic mass is 16.4. The van der Waals surface area contributed by atoms with Gasteiger partial charge in [0.25, 0.3) is 0 Å². The summed E-state index contributed by atoms with van der Waals surface area (Å²) in [6.07, 6.45) is 2.84. The van der Waals surface area contributed by atoms with Crippen LogP contribution in [0.4, 0.5) is 11.4 Å². The molecule has 0 aliphatic rings. The van der Waals surface area contributed by atoms with Gasteiger partial charge in [-0.1, -0.05) is 6.07 Å². The molecule has 0 amide bonds. The molecule has 1 N–H and O–H groups in total. The van der Waals surface area contributed by atoms with Crippen LogP contribution in [-0.2, 0) is 0 Å². The standard InChI is InChI=1S/C14H11N3O2/c1-17(11-4-2-3-10(7-11)8-15)13-5-6-16-9-12(13)14(18)19/h2-7,9H,1H3,(H,18,19). The number of nitrogens with zero attached hydrogens (tertiary/aromatic N) is 3. The summed E-state index contributed by atoms with van der Waals surface area (Å²) in [5, 5.41) is 18.0. The van der Waals surface area contributed by atoms with E-state index in [2.05, 4.69) is 11.1 Å². The molecular weight excluding hydrogens is 242 g/mol. The lowest BCUT2D eigenvalue weighted by molar-refractivity contribution is 0.0697. The summed E-state index contributed by atoms with van der Waals surface area (Å²) in [4.78, 5) is 16.7. The molecule has 0 spiro atoms. The molecule has 0 radical (unpaired) electrons. The summed E-state index contributed by atoms with van der Waals surface area (Å²) in [7, 11) is 1.75. The van der Waals surface area contributed by atoms with Crippen LogP contribution in [0.25, 0.3) is 0 Å². The zero-order valence-corrected chi connectivity index (χ0v) is 10.2. The number of rotatable bonds is 3. The van der Waals surface area contributed by atoms with E-state index in [4.69, 9.17) is 10.4 Å². The van der Waals surface area contributed by atoms with Gasteiger partial charge in [-0.2, -0.15) is 5.26 Å². The van der Waals surface area contributed by atoms with Crippen molar-refractivity contribution in [2.45, 2.75) is 0 Å². The van der Waals surface area contributed by atoms with Gasteiger partial charge in [0.2, 0.25) is 0 Å². The van der Waals surface area contributed by atoms with Gasteiger partial charge < -0.3 is 10.0 Å².